The van der Waals surface area contributed by atoms with Crippen molar-refractivity contribution in [3.8, 4) is 0 Å². The standard InChI is InChI=1S/C11H17F2N3O/c12-10(13)16-6-5-15-9(16)7-14-8-11(17)3-1-2-4-11/h5-6,10,14,17H,1-4,7-8H2. The van der Waals surface area contributed by atoms with Gasteiger partial charge in [0.2, 0.25) is 0 Å². The number of nitrogens with zero attached hydrogens (tertiary/aromatic N) is 2. The third-order valence-electron chi connectivity index (χ3n) is 3.23. The Bertz CT molecular complexity index is 361. The van der Waals surface area contributed by atoms with E-state index >= 15 is 0 Å². The number of halogens is 2. The van der Waals surface area contributed by atoms with Gasteiger partial charge in [-0.2, -0.15) is 8.78 Å². The average Bonchev–Trinajstić information content (AvgIpc) is 2.87. The summed E-state index contributed by atoms with van der Waals surface area (Å²) in [5.41, 5.74) is -0.664. The third kappa shape index (κ3) is 3.01. The molecule has 2 rings (SSSR count). The molecule has 0 spiro atoms. The van der Waals surface area contributed by atoms with Crippen LogP contribution in [0, 0.1) is 0 Å². The maximum atomic E-state index is 12.5. The van der Waals surface area contributed by atoms with Crippen LogP contribution in [0.15, 0.2) is 12.4 Å². The van der Waals surface area contributed by atoms with Crippen molar-refractivity contribution in [1.82, 2.24) is 14.9 Å². The highest BCUT2D eigenvalue weighted by molar-refractivity contribution is 4.93. The quantitative estimate of drug-likeness (QED) is 0.829. The SMILES string of the molecule is OC1(CNCc2nccn2C(F)F)CCCC1. The Labute approximate surface area is 98.7 Å². The summed E-state index contributed by atoms with van der Waals surface area (Å²) >= 11 is 0. The molecule has 1 aliphatic rings. The molecule has 0 atom stereocenters. The van der Waals surface area contributed by atoms with Gasteiger partial charge in [-0.05, 0) is 12.8 Å². The summed E-state index contributed by atoms with van der Waals surface area (Å²) in [5, 5.41) is 13.1. The highest BCUT2D eigenvalue weighted by Crippen LogP contribution is 2.28. The first-order valence-corrected chi connectivity index (χ1v) is 5.84. The second kappa shape index (κ2) is 5.10. The molecular weight excluding hydrogens is 228 g/mol. The summed E-state index contributed by atoms with van der Waals surface area (Å²) in [7, 11) is 0. The summed E-state index contributed by atoms with van der Waals surface area (Å²) in [6, 6.07) is 0. The first kappa shape index (κ1) is 12.4. The van der Waals surface area contributed by atoms with E-state index in [1.807, 2.05) is 0 Å². The molecule has 0 bridgehead atoms. The second-order valence-electron chi connectivity index (χ2n) is 4.56. The van der Waals surface area contributed by atoms with E-state index in [-0.39, 0.29) is 6.54 Å². The molecule has 1 heterocycles. The number of imidazole rings is 1. The molecule has 17 heavy (non-hydrogen) atoms. The molecule has 1 saturated carbocycles. The average molecular weight is 245 g/mol. The van der Waals surface area contributed by atoms with Gasteiger partial charge in [-0.15, -0.1) is 0 Å². The lowest BCUT2D eigenvalue weighted by atomic mass is 10.0. The van der Waals surface area contributed by atoms with Crippen LogP contribution in [-0.2, 0) is 6.54 Å². The summed E-state index contributed by atoms with van der Waals surface area (Å²) in [6.45, 7) is -1.88. The van der Waals surface area contributed by atoms with Gasteiger partial charge in [-0.3, -0.25) is 4.57 Å². The molecule has 4 nitrogen and oxygen atoms in total. The van der Waals surface area contributed by atoms with Crippen molar-refractivity contribution in [3.63, 3.8) is 0 Å². The fourth-order valence-electron chi connectivity index (χ4n) is 2.28. The minimum Gasteiger partial charge on any atom is -0.389 e. The number of hydrogen-bond donors (Lipinski definition) is 2. The van der Waals surface area contributed by atoms with E-state index in [1.165, 1.54) is 12.4 Å². The lowest BCUT2D eigenvalue weighted by Gasteiger charge is -2.22. The molecule has 96 valence electrons. The van der Waals surface area contributed by atoms with E-state index < -0.39 is 12.2 Å². The molecular formula is C11H17F2N3O. The van der Waals surface area contributed by atoms with Crippen molar-refractivity contribution in [2.24, 2.45) is 0 Å². The molecule has 1 fully saturated rings. The van der Waals surface area contributed by atoms with Crippen LogP contribution in [0.1, 0.15) is 38.1 Å². The fraction of sp³-hybridized carbons (Fsp3) is 0.727. The number of aromatic nitrogens is 2. The molecule has 2 N–H and O–H groups in total. The number of rotatable bonds is 5. The Morgan fingerprint density at radius 3 is 2.82 bits per heavy atom. The second-order valence-corrected chi connectivity index (χ2v) is 4.56. The topological polar surface area (TPSA) is 50.1 Å². The number of nitrogens with one attached hydrogen (secondary N) is 1. The molecule has 0 radical (unpaired) electrons. The van der Waals surface area contributed by atoms with Gasteiger partial charge in [0, 0.05) is 18.9 Å². The summed E-state index contributed by atoms with van der Waals surface area (Å²) in [4.78, 5) is 3.86. The first-order valence-electron chi connectivity index (χ1n) is 5.84. The van der Waals surface area contributed by atoms with Crippen molar-refractivity contribution in [2.75, 3.05) is 6.54 Å². The van der Waals surface area contributed by atoms with E-state index in [2.05, 4.69) is 10.3 Å². The van der Waals surface area contributed by atoms with Crippen molar-refractivity contribution >= 4 is 0 Å². The molecule has 0 unspecified atom stereocenters. The van der Waals surface area contributed by atoms with Gasteiger partial charge in [-0.25, -0.2) is 4.98 Å². The van der Waals surface area contributed by atoms with Gasteiger partial charge in [0.1, 0.15) is 5.82 Å². The minimum absolute atomic E-state index is 0.250. The molecule has 6 heteroatoms. The fourth-order valence-corrected chi connectivity index (χ4v) is 2.28. The van der Waals surface area contributed by atoms with Crippen LogP contribution in [-0.4, -0.2) is 26.8 Å². The smallest absolute Gasteiger partial charge is 0.319 e. The van der Waals surface area contributed by atoms with Crippen molar-refractivity contribution < 1.29 is 13.9 Å². The van der Waals surface area contributed by atoms with E-state index in [9.17, 15) is 13.9 Å². The molecule has 0 amide bonds. The van der Waals surface area contributed by atoms with E-state index in [0.29, 0.717) is 12.4 Å². The zero-order valence-corrected chi connectivity index (χ0v) is 9.57. The summed E-state index contributed by atoms with van der Waals surface area (Å²) in [5.74, 6) is 0.293. The molecule has 0 saturated heterocycles. The Morgan fingerprint density at radius 1 is 1.47 bits per heavy atom. The van der Waals surface area contributed by atoms with Crippen LogP contribution >= 0.6 is 0 Å². The first-order chi connectivity index (χ1) is 8.11. The monoisotopic (exact) mass is 245 g/mol. The molecule has 1 aromatic heterocycles. The Morgan fingerprint density at radius 2 is 2.18 bits per heavy atom. The third-order valence-corrected chi connectivity index (χ3v) is 3.23. The van der Waals surface area contributed by atoms with Gasteiger partial charge >= 0.3 is 6.55 Å². The molecule has 0 aromatic carbocycles. The zero-order chi connectivity index (χ0) is 12.3. The van der Waals surface area contributed by atoms with Gasteiger partial charge < -0.3 is 10.4 Å². The highest BCUT2D eigenvalue weighted by atomic mass is 19.3. The highest BCUT2D eigenvalue weighted by Gasteiger charge is 2.30. The molecule has 0 aliphatic heterocycles. The Kier molecular flexibility index (Phi) is 3.73. The van der Waals surface area contributed by atoms with E-state index in [1.54, 1.807) is 0 Å². The predicted molar refractivity (Wildman–Crippen MR) is 58.6 cm³/mol. The van der Waals surface area contributed by atoms with Crippen molar-refractivity contribution in [3.05, 3.63) is 18.2 Å². The van der Waals surface area contributed by atoms with Gasteiger partial charge in [0.25, 0.3) is 0 Å². The lowest BCUT2D eigenvalue weighted by molar-refractivity contribution is 0.0458. The Balaban J connectivity index is 1.83. The predicted octanol–water partition coefficient (Wildman–Crippen LogP) is 1.67. The van der Waals surface area contributed by atoms with Crippen LogP contribution in [0.4, 0.5) is 8.78 Å². The van der Waals surface area contributed by atoms with E-state index in [4.69, 9.17) is 0 Å². The number of hydrogen-bond acceptors (Lipinski definition) is 3. The number of alkyl halides is 2. The van der Waals surface area contributed by atoms with Crippen LogP contribution < -0.4 is 5.32 Å². The summed E-state index contributed by atoms with van der Waals surface area (Å²) < 4.78 is 25.8. The normalized spacial score (nSPS) is 19.1. The van der Waals surface area contributed by atoms with Crippen molar-refractivity contribution in [2.45, 2.75) is 44.4 Å². The number of aliphatic hydroxyl groups is 1. The van der Waals surface area contributed by atoms with Crippen LogP contribution in [0.25, 0.3) is 0 Å². The van der Waals surface area contributed by atoms with Crippen LogP contribution in [0.3, 0.4) is 0 Å². The lowest BCUT2D eigenvalue weighted by Crippen LogP contribution is -2.38. The van der Waals surface area contributed by atoms with E-state index in [0.717, 1.165) is 30.3 Å². The van der Waals surface area contributed by atoms with Gasteiger partial charge in [0.15, 0.2) is 0 Å². The summed E-state index contributed by atoms with van der Waals surface area (Å²) in [6.07, 6.45) is 6.24. The maximum absolute atomic E-state index is 12.5. The van der Waals surface area contributed by atoms with Gasteiger partial charge in [-0.1, -0.05) is 12.8 Å². The van der Waals surface area contributed by atoms with Gasteiger partial charge in [0.05, 0.1) is 12.1 Å². The zero-order valence-electron chi connectivity index (χ0n) is 9.57. The minimum atomic E-state index is -2.57. The Hall–Kier alpha value is -1.01. The maximum Gasteiger partial charge on any atom is 0.319 e. The van der Waals surface area contributed by atoms with Crippen LogP contribution in [0.5, 0.6) is 0 Å². The molecule has 1 aliphatic carbocycles. The van der Waals surface area contributed by atoms with Crippen LogP contribution in [0.2, 0.25) is 0 Å². The van der Waals surface area contributed by atoms with Crippen molar-refractivity contribution in [1.29, 1.82) is 0 Å². The largest absolute Gasteiger partial charge is 0.389 e. The molecule has 1 aromatic rings.